The van der Waals surface area contributed by atoms with Crippen LogP contribution in [-0.2, 0) is 34.5 Å². The second kappa shape index (κ2) is 12.8. The zero-order valence-electron chi connectivity index (χ0n) is 24.3. The first-order valence-electron chi connectivity index (χ1n) is 13.5. The number of anilines is 1. The lowest BCUT2D eigenvalue weighted by Crippen LogP contribution is -2.51. The van der Waals surface area contributed by atoms with Crippen molar-refractivity contribution < 1.29 is 58.6 Å². The number of rotatable bonds is 6. The van der Waals surface area contributed by atoms with E-state index in [-0.39, 0.29) is 29.7 Å². The third kappa shape index (κ3) is 7.70. The van der Waals surface area contributed by atoms with Gasteiger partial charge in [-0.15, -0.1) is 0 Å². The molecule has 244 valence electrons. The zero-order valence-corrected chi connectivity index (χ0v) is 24.3. The molecule has 6 nitrogen and oxygen atoms in total. The van der Waals surface area contributed by atoms with Crippen LogP contribution in [0.2, 0.25) is 0 Å². The Balaban J connectivity index is 2.28. The maximum atomic E-state index is 13.8. The van der Waals surface area contributed by atoms with E-state index in [9.17, 15) is 49.1 Å². The van der Waals surface area contributed by atoms with Gasteiger partial charge in [-0.05, 0) is 73.7 Å². The topological polar surface area (TPSA) is 59.1 Å². The fourth-order valence-electron chi connectivity index (χ4n) is 5.13. The number of amides is 2. The monoisotopic (exact) mass is 642 g/mol. The van der Waals surface area contributed by atoms with Gasteiger partial charge in [-0.1, -0.05) is 20.3 Å². The molecule has 3 atom stereocenters. The fraction of sp³-hybridized carbons (Fsp3) is 0.517. The van der Waals surface area contributed by atoms with E-state index in [0.717, 1.165) is 24.1 Å². The van der Waals surface area contributed by atoms with E-state index < -0.39 is 77.7 Å². The Bertz CT molecular complexity index is 1320. The number of benzene rings is 2. The van der Waals surface area contributed by atoms with Gasteiger partial charge in [-0.2, -0.15) is 39.5 Å². The van der Waals surface area contributed by atoms with E-state index in [1.807, 2.05) is 0 Å². The van der Waals surface area contributed by atoms with Crippen LogP contribution in [0.1, 0.15) is 74.4 Å². The molecule has 1 aliphatic rings. The third-order valence-corrected chi connectivity index (χ3v) is 7.39. The predicted molar refractivity (Wildman–Crippen MR) is 141 cm³/mol. The molecule has 3 rings (SSSR count). The average Bonchev–Trinajstić information content (AvgIpc) is 2.91. The van der Waals surface area contributed by atoms with E-state index in [0.29, 0.717) is 24.6 Å². The van der Waals surface area contributed by atoms with Crippen LogP contribution in [0.15, 0.2) is 36.4 Å². The van der Waals surface area contributed by atoms with Gasteiger partial charge in [0.1, 0.15) is 0 Å². The number of carbonyl (C=O) groups is 2. The molecule has 2 aromatic rings. The Morgan fingerprint density at radius 1 is 0.886 bits per heavy atom. The van der Waals surface area contributed by atoms with Crippen LogP contribution in [0, 0.1) is 5.92 Å². The second-order valence-electron chi connectivity index (χ2n) is 10.8. The summed E-state index contributed by atoms with van der Waals surface area (Å²) in [5.41, 5.74) is -5.27. The molecule has 0 spiro atoms. The molecule has 44 heavy (non-hydrogen) atoms. The van der Waals surface area contributed by atoms with Crippen molar-refractivity contribution in [3.05, 3.63) is 64.2 Å². The maximum Gasteiger partial charge on any atom is 0.416 e. The summed E-state index contributed by atoms with van der Waals surface area (Å²) in [7, 11) is 0.914. The summed E-state index contributed by atoms with van der Waals surface area (Å²) in [5, 5.41) is 0. The molecule has 0 aliphatic carbocycles. The van der Waals surface area contributed by atoms with Gasteiger partial charge in [0.15, 0.2) is 0 Å². The molecule has 0 saturated heterocycles. The highest BCUT2D eigenvalue weighted by molar-refractivity contribution is 5.91. The number of carbonyl (C=O) groups excluding carboxylic acids is 2. The average molecular weight is 643 g/mol. The lowest BCUT2D eigenvalue weighted by atomic mass is 9.83. The zero-order chi connectivity index (χ0) is 33.4. The minimum absolute atomic E-state index is 0.0564. The number of alkyl halides is 9. The molecule has 0 bridgehead atoms. The fourth-order valence-corrected chi connectivity index (χ4v) is 5.13. The highest BCUT2D eigenvalue weighted by atomic mass is 19.4. The molecule has 2 aromatic carbocycles. The Kier molecular flexibility index (Phi) is 10.1. The van der Waals surface area contributed by atoms with Crippen molar-refractivity contribution in [3.8, 4) is 0 Å². The molecule has 0 aromatic heterocycles. The van der Waals surface area contributed by atoms with Gasteiger partial charge < -0.3 is 9.47 Å². The van der Waals surface area contributed by atoms with Crippen LogP contribution in [0.5, 0.6) is 0 Å². The van der Waals surface area contributed by atoms with E-state index in [2.05, 4.69) is 0 Å². The molecule has 0 fully saturated rings. The third-order valence-electron chi connectivity index (χ3n) is 7.39. The SMILES string of the molecule is CCC(C)[C@@H]1C[C@H](N(Cc2cc(C(F)(F)F)cc(C(F)(F)F)c2)C(=O)OC)c2cc(C(F)(F)F)ccc2N1C(=O)OC(C)C. The van der Waals surface area contributed by atoms with Crippen LogP contribution < -0.4 is 4.90 Å². The van der Waals surface area contributed by atoms with Crippen molar-refractivity contribution >= 4 is 17.9 Å². The molecule has 1 unspecified atom stereocenters. The number of hydrogen-bond acceptors (Lipinski definition) is 4. The molecule has 0 radical (unpaired) electrons. The predicted octanol–water partition coefficient (Wildman–Crippen LogP) is 9.22. The quantitative estimate of drug-likeness (QED) is 0.295. The summed E-state index contributed by atoms with van der Waals surface area (Å²) >= 11 is 0. The smallest absolute Gasteiger partial charge is 0.416 e. The highest BCUT2D eigenvalue weighted by Gasteiger charge is 2.45. The lowest BCUT2D eigenvalue weighted by Gasteiger charge is -2.46. The van der Waals surface area contributed by atoms with Gasteiger partial charge in [0.05, 0.1) is 41.6 Å². The summed E-state index contributed by atoms with van der Waals surface area (Å²) in [6, 6.07) is 1.10. The van der Waals surface area contributed by atoms with Crippen molar-refractivity contribution in [1.29, 1.82) is 0 Å². The summed E-state index contributed by atoms with van der Waals surface area (Å²) in [5.74, 6) is -0.336. The molecule has 1 aliphatic heterocycles. The van der Waals surface area contributed by atoms with Gasteiger partial charge in [-0.25, -0.2) is 9.59 Å². The van der Waals surface area contributed by atoms with Crippen LogP contribution in [0.3, 0.4) is 0 Å². The van der Waals surface area contributed by atoms with Crippen LogP contribution >= 0.6 is 0 Å². The van der Waals surface area contributed by atoms with Gasteiger partial charge in [-0.3, -0.25) is 9.80 Å². The van der Waals surface area contributed by atoms with Crippen molar-refractivity contribution in [1.82, 2.24) is 4.90 Å². The highest BCUT2D eigenvalue weighted by Crippen LogP contribution is 2.46. The first kappa shape index (κ1) is 34.8. The number of ether oxygens (including phenoxy) is 2. The van der Waals surface area contributed by atoms with Crippen molar-refractivity contribution in [3.63, 3.8) is 0 Å². The number of hydrogen-bond donors (Lipinski definition) is 0. The maximum absolute atomic E-state index is 13.8. The van der Waals surface area contributed by atoms with Gasteiger partial charge >= 0.3 is 30.7 Å². The van der Waals surface area contributed by atoms with Gasteiger partial charge in [0, 0.05) is 12.6 Å². The summed E-state index contributed by atoms with van der Waals surface area (Å²) in [6.07, 6.45) is -17.7. The van der Waals surface area contributed by atoms with Gasteiger partial charge in [0.25, 0.3) is 0 Å². The molecule has 0 N–H and O–H groups in total. The number of fused-ring (bicyclic) bond motifs is 1. The Morgan fingerprint density at radius 3 is 1.89 bits per heavy atom. The van der Waals surface area contributed by atoms with E-state index in [4.69, 9.17) is 9.47 Å². The Hall–Kier alpha value is -3.65. The van der Waals surface area contributed by atoms with E-state index >= 15 is 0 Å². The van der Waals surface area contributed by atoms with Crippen LogP contribution in [-0.4, -0.2) is 36.3 Å². The van der Waals surface area contributed by atoms with Crippen LogP contribution in [0.25, 0.3) is 0 Å². The number of methoxy groups -OCH3 is 1. The number of halogens is 9. The van der Waals surface area contributed by atoms with Crippen molar-refractivity contribution in [2.45, 2.75) is 83.8 Å². The molecule has 2 amide bonds. The first-order valence-corrected chi connectivity index (χ1v) is 13.5. The van der Waals surface area contributed by atoms with Crippen LogP contribution in [0.4, 0.5) is 54.8 Å². The molecule has 15 heteroatoms. The normalized spacial score (nSPS) is 18.1. The lowest BCUT2D eigenvalue weighted by molar-refractivity contribution is -0.143. The summed E-state index contributed by atoms with van der Waals surface area (Å²) < 4.78 is 133. The second-order valence-corrected chi connectivity index (χ2v) is 10.8. The standard InChI is InChI=1S/C29H31F9N2O4/c1-6-16(4)23-13-24(21-12-18(27(30,31)32)7-8-22(21)40(23)26(42)44-15(2)3)39(25(41)43-5)14-17-9-19(28(33,34)35)11-20(10-17)29(36,37)38/h7-12,15-16,23-24H,6,13-14H2,1-5H3/t16?,23-,24-/m0/s1. The summed E-state index contributed by atoms with van der Waals surface area (Å²) in [6.45, 7) is 5.79. The first-order chi connectivity index (χ1) is 20.2. The van der Waals surface area contributed by atoms with E-state index in [1.54, 1.807) is 27.7 Å². The minimum atomic E-state index is -5.18. The molecular formula is C29H31F9N2O4. The largest absolute Gasteiger partial charge is 0.453 e. The van der Waals surface area contributed by atoms with Crippen molar-refractivity contribution in [2.75, 3.05) is 12.0 Å². The minimum Gasteiger partial charge on any atom is -0.453 e. The summed E-state index contributed by atoms with van der Waals surface area (Å²) in [4.78, 5) is 28.3. The van der Waals surface area contributed by atoms with Gasteiger partial charge in [0.2, 0.25) is 0 Å². The number of nitrogens with zero attached hydrogens (tertiary/aromatic N) is 2. The molecule has 1 heterocycles. The Morgan fingerprint density at radius 2 is 1.43 bits per heavy atom. The Labute approximate surface area is 247 Å². The molecular weight excluding hydrogens is 611 g/mol. The van der Waals surface area contributed by atoms with Crippen molar-refractivity contribution in [2.24, 2.45) is 5.92 Å². The molecule has 0 saturated carbocycles. The van der Waals surface area contributed by atoms with E-state index in [1.165, 1.54) is 4.90 Å².